The van der Waals surface area contributed by atoms with Gasteiger partial charge >= 0.3 is 0 Å². The molecule has 0 aliphatic carbocycles. The summed E-state index contributed by atoms with van der Waals surface area (Å²) >= 11 is 0. The normalized spacial score (nSPS) is 14.5. The lowest BCUT2D eigenvalue weighted by molar-refractivity contribution is 0.736. The maximum absolute atomic E-state index is 3.85. The van der Waals surface area contributed by atoms with E-state index in [4.69, 9.17) is 0 Å². The highest BCUT2D eigenvalue weighted by molar-refractivity contribution is 5.05. The topological polar surface area (TPSA) is 0 Å². The molecule has 0 fully saturated rings. The summed E-state index contributed by atoms with van der Waals surface area (Å²) in [5.74, 6) is 0.627. The maximum atomic E-state index is 3.85. The standard InChI is InChI=1S/C11H19/c1-9(2)6-7-11(5)8-10(3)4/h6,8,11H,3,7H2,1-2,4-5H3. The molecular weight excluding hydrogens is 132 g/mol. The zero-order valence-electron chi connectivity index (χ0n) is 8.15. The van der Waals surface area contributed by atoms with Crippen LogP contribution in [-0.2, 0) is 0 Å². The molecule has 0 aliphatic heterocycles. The van der Waals surface area contributed by atoms with Crippen molar-refractivity contribution in [2.45, 2.75) is 34.1 Å². The Bertz CT molecular complexity index is 153. The van der Waals surface area contributed by atoms with Gasteiger partial charge in [-0.1, -0.05) is 30.2 Å². The molecule has 0 spiro atoms. The first-order chi connectivity index (χ1) is 5.02. The van der Waals surface area contributed by atoms with Crippen LogP contribution in [-0.4, -0.2) is 0 Å². The van der Waals surface area contributed by atoms with E-state index in [2.05, 4.69) is 39.8 Å². The third-order valence-electron chi connectivity index (χ3n) is 1.47. The van der Waals surface area contributed by atoms with Crippen LogP contribution in [0.25, 0.3) is 0 Å². The van der Waals surface area contributed by atoms with E-state index in [-0.39, 0.29) is 0 Å². The van der Waals surface area contributed by atoms with Crippen LogP contribution in [0.2, 0.25) is 0 Å². The van der Waals surface area contributed by atoms with Crippen molar-refractivity contribution in [1.82, 2.24) is 0 Å². The summed E-state index contributed by atoms with van der Waals surface area (Å²) in [7, 11) is 0. The van der Waals surface area contributed by atoms with E-state index < -0.39 is 0 Å². The zero-order chi connectivity index (χ0) is 8.85. The van der Waals surface area contributed by atoms with E-state index in [0.717, 1.165) is 6.42 Å². The second kappa shape index (κ2) is 5.17. The fourth-order valence-corrected chi connectivity index (χ4v) is 0.975. The minimum Gasteiger partial charge on any atom is -0.0853 e. The van der Waals surface area contributed by atoms with Gasteiger partial charge in [0.2, 0.25) is 0 Å². The highest BCUT2D eigenvalue weighted by Crippen LogP contribution is 2.08. The fraction of sp³-hybridized carbons (Fsp3) is 0.545. The fourth-order valence-electron chi connectivity index (χ4n) is 0.975. The van der Waals surface area contributed by atoms with Gasteiger partial charge in [-0.05, 0) is 40.0 Å². The van der Waals surface area contributed by atoms with Crippen LogP contribution in [0.5, 0.6) is 0 Å². The molecule has 0 saturated heterocycles. The van der Waals surface area contributed by atoms with Crippen LogP contribution in [0.4, 0.5) is 0 Å². The van der Waals surface area contributed by atoms with Crippen LogP contribution in [0.3, 0.4) is 0 Å². The second-order valence-electron chi connectivity index (χ2n) is 3.51. The third-order valence-corrected chi connectivity index (χ3v) is 1.47. The molecule has 0 heterocycles. The maximum Gasteiger partial charge on any atom is -0.0225 e. The molecule has 0 bridgehead atoms. The first-order valence-corrected chi connectivity index (χ1v) is 4.16. The third kappa shape index (κ3) is 7.38. The van der Waals surface area contributed by atoms with E-state index in [0.29, 0.717) is 5.92 Å². The first-order valence-electron chi connectivity index (χ1n) is 4.16. The number of hydrogen-bond acceptors (Lipinski definition) is 0. The zero-order valence-corrected chi connectivity index (χ0v) is 8.15. The lowest BCUT2D eigenvalue weighted by Gasteiger charge is -2.02. The summed E-state index contributed by atoms with van der Waals surface area (Å²) in [5.41, 5.74) is 2.56. The Morgan fingerprint density at radius 3 is 2.27 bits per heavy atom. The first kappa shape index (κ1) is 10.5. The van der Waals surface area contributed by atoms with E-state index in [1.807, 2.05) is 6.92 Å². The van der Waals surface area contributed by atoms with E-state index in [1.165, 1.54) is 11.1 Å². The SMILES string of the molecule is [CH2]C(C)=CC(C)CC=C(C)C. The molecule has 0 saturated carbocycles. The predicted molar refractivity (Wildman–Crippen MR) is 52.3 cm³/mol. The molecule has 0 aliphatic rings. The van der Waals surface area contributed by atoms with Gasteiger partial charge in [-0.15, -0.1) is 0 Å². The number of hydrogen-bond donors (Lipinski definition) is 0. The van der Waals surface area contributed by atoms with Crippen molar-refractivity contribution in [3.05, 3.63) is 30.2 Å². The summed E-state index contributed by atoms with van der Waals surface area (Å²) in [4.78, 5) is 0. The molecule has 0 heteroatoms. The van der Waals surface area contributed by atoms with Gasteiger partial charge in [-0.2, -0.15) is 0 Å². The van der Waals surface area contributed by atoms with Gasteiger partial charge in [0.05, 0.1) is 0 Å². The van der Waals surface area contributed by atoms with Gasteiger partial charge in [0.25, 0.3) is 0 Å². The van der Waals surface area contributed by atoms with Crippen molar-refractivity contribution < 1.29 is 0 Å². The van der Waals surface area contributed by atoms with Crippen LogP contribution in [0, 0.1) is 12.8 Å². The highest BCUT2D eigenvalue weighted by atomic mass is 14.0. The quantitative estimate of drug-likeness (QED) is 0.539. The predicted octanol–water partition coefficient (Wildman–Crippen LogP) is 3.76. The largest absolute Gasteiger partial charge is 0.0853 e. The number of allylic oxidation sites excluding steroid dienone is 4. The molecule has 11 heavy (non-hydrogen) atoms. The monoisotopic (exact) mass is 151 g/mol. The van der Waals surface area contributed by atoms with Gasteiger partial charge < -0.3 is 0 Å². The minimum absolute atomic E-state index is 0.627. The molecule has 0 aromatic heterocycles. The Labute approximate surface area is 71.0 Å². The van der Waals surface area contributed by atoms with Gasteiger partial charge in [0.1, 0.15) is 0 Å². The molecule has 0 rings (SSSR count). The van der Waals surface area contributed by atoms with E-state index >= 15 is 0 Å². The molecule has 0 aromatic rings. The summed E-state index contributed by atoms with van der Waals surface area (Å²) in [6, 6.07) is 0. The van der Waals surface area contributed by atoms with Crippen LogP contribution >= 0.6 is 0 Å². The minimum atomic E-state index is 0.627. The Morgan fingerprint density at radius 1 is 1.36 bits per heavy atom. The molecule has 1 radical (unpaired) electrons. The van der Waals surface area contributed by atoms with Crippen LogP contribution in [0.15, 0.2) is 23.3 Å². The van der Waals surface area contributed by atoms with Gasteiger partial charge in [0.15, 0.2) is 0 Å². The average Bonchev–Trinajstić information content (AvgIpc) is 1.82. The van der Waals surface area contributed by atoms with E-state index in [9.17, 15) is 0 Å². The summed E-state index contributed by atoms with van der Waals surface area (Å²) in [5, 5.41) is 0. The van der Waals surface area contributed by atoms with Crippen molar-refractivity contribution in [2.75, 3.05) is 0 Å². The smallest absolute Gasteiger partial charge is 0.0225 e. The van der Waals surface area contributed by atoms with Crippen molar-refractivity contribution in [3.63, 3.8) is 0 Å². The Hall–Kier alpha value is -0.520. The molecule has 0 N–H and O–H groups in total. The molecule has 1 unspecified atom stereocenters. The van der Waals surface area contributed by atoms with E-state index in [1.54, 1.807) is 0 Å². The lowest BCUT2D eigenvalue weighted by atomic mass is 10.0. The summed E-state index contributed by atoms with van der Waals surface area (Å²) in [6.45, 7) is 12.4. The van der Waals surface area contributed by atoms with Gasteiger partial charge in [-0.3, -0.25) is 0 Å². The van der Waals surface area contributed by atoms with Crippen molar-refractivity contribution >= 4 is 0 Å². The van der Waals surface area contributed by atoms with Gasteiger partial charge in [0, 0.05) is 0 Å². The lowest BCUT2D eigenvalue weighted by Crippen LogP contribution is -1.87. The second-order valence-corrected chi connectivity index (χ2v) is 3.51. The van der Waals surface area contributed by atoms with Crippen molar-refractivity contribution in [3.8, 4) is 0 Å². The molecule has 0 nitrogen and oxygen atoms in total. The Balaban J connectivity index is 3.80. The molecule has 0 aromatic carbocycles. The van der Waals surface area contributed by atoms with Crippen molar-refractivity contribution in [2.24, 2.45) is 5.92 Å². The molecule has 63 valence electrons. The Kier molecular flexibility index (Phi) is 4.93. The summed E-state index contributed by atoms with van der Waals surface area (Å²) < 4.78 is 0. The van der Waals surface area contributed by atoms with Crippen LogP contribution < -0.4 is 0 Å². The Morgan fingerprint density at radius 2 is 1.91 bits per heavy atom. The number of rotatable bonds is 3. The molecule has 1 atom stereocenters. The van der Waals surface area contributed by atoms with Crippen molar-refractivity contribution in [1.29, 1.82) is 0 Å². The molecule has 0 amide bonds. The molecular formula is C11H19. The van der Waals surface area contributed by atoms with Crippen LogP contribution in [0.1, 0.15) is 34.1 Å². The average molecular weight is 151 g/mol. The van der Waals surface area contributed by atoms with Gasteiger partial charge in [-0.25, -0.2) is 0 Å². The summed E-state index contributed by atoms with van der Waals surface area (Å²) in [6.07, 6.45) is 5.61. The highest BCUT2D eigenvalue weighted by Gasteiger charge is 1.93.